The summed E-state index contributed by atoms with van der Waals surface area (Å²) in [6.45, 7) is 8.25. The number of anilines is 1. The summed E-state index contributed by atoms with van der Waals surface area (Å²) in [7, 11) is -3.47. The molecule has 2 aromatic rings. The lowest BCUT2D eigenvalue weighted by Crippen LogP contribution is -2.37. The minimum absolute atomic E-state index is 0.0227. The third-order valence-corrected chi connectivity index (χ3v) is 7.74. The highest BCUT2D eigenvalue weighted by atomic mass is 32.2. The highest BCUT2D eigenvalue weighted by Gasteiger charge is 2.26. The number of nitrogens with zero attached hydrogens (tertiary/aromatic N) is 2. The van der Waals surface area contributed by atoms with Crippen molar-refractivity contribution >= 4 is 21.6 Å². The van der Waals surface area contributed by atoms with Crippen molar-refractivity contribution in [2.75, 3.05) is 37.6 Å². The molecule has 1 aliphatic heterocycles. The lowest BCUT2D eigenvalue weighted by Gasteiger charge is -2.21. The molecule has 0 spiro atoms. The normalized spacial score (nSPS) is 14.6. The maximum atomic E-state index is 12.8. The third kappa shape index (κ3) is 4.84. The number of carbonyl (C=O) groups excluding carboxylic acids is 1. The van der Waals surface area contributed by atoms with Gasteiger partial charge in [0.15, 0.2) is 0 Å². The Kier molecular flexibility index (Phi) is 7.15. The maximum Gasteiger partial charge on any atom is 0.243 e. The number of amides is 1. The monoisotopic (exact) mass is 429 g/mol. The van der Waals surface area contributed by atoms with E-state index < -0.39 is 10.0 Å². The van der Waals surface area contributed by atoms with E-state index >= 15 is 0 Å². The Labute approximate surface area is 179 Å². The van der Waals surface area contributed by atoms with Gasteiger partial charge in [0.25, 0.3) is 0 Å². The van der Waals surface area contributed by atoms with Gasteiger partial charge in [-0.1, -0.05) is 51.1 Å². The first-order chi connectivity index (χ1) is 14.4. The third-order valence-electron chi connectivity index (χ3n) is 5.69. The molecule has 7 heteroatoms. The predicted molar refractivity (Wildman–Crippen MR) is 120 cm³/mol. The van der Waals surface area contributed by atoms with E-state index in [0.717, 1.165) is 17.7 Å². The van der Waals surface area contributed by atoms with Gasteiger partial charge in [-0.2, -0.15) is 4.31 Å². The molecule has 0 fully saturated rings. The first-order valence-electron chi connectivity index (χ1n) is 10.6. The van der Waals surface area contributed by atoms with Gasteiger partial charge in [0, 0.05) is 31.9 Å². The van der Waals surface area contributed by atoms with Crippen molar-refractivity contribution in [3.05, 3.63) is 59.7 Å². The first-order valence-corrected chi connectivity index (χ1v) is 12.0. The summed E-state index contributed by atoms with van der Waals surface area (Å²) in [6.07, 6.45) is 0.741. The van der Waals surface area contributed by atoms with Crippen LogP contribution in [-0.4, -0.2) is 51.4 Å². The second-order valence-electron chi connectivity index (χ2n) is 7.67. The summed E-state index contributed by atoms with van der Waals surface area (Å²) >= 11 is 0. The van der Waals surface area contributed by atoms with Crippen LogP contribution < -0.4 is 10.2 Å². The number of sulfonamides is 1. The average Bonchev–Trinajstić information content (AvgIpc) is 3.15. The van der Waals surface area contributed by atoms with E-state index in [4.69, 9.17) is 0 Å². The summed E-state index contributed by atoms with van der Waals surface area (Å²) in [5, 5.41) is 3.02. The van der Waals surface area contributed by atoms with Crippen molar-refractivity contribution in [2.24, 2.45) is 0 Å². The van der Waals surface area contributed by atoms with Gasteiger partial charge < -0.3 is 10.2 Å². The second-order valence-corrected chi connectivity index (χ2v) is 9.61. The Morgan fingerprint density at radius 2 is 1.83 bits per heavy atom. The molecule has 3 rings (SSSR count). The SMILES string of the molecule is CCN(CC)S(=O)(=O)c1ccc2c(c1)CCN2CC(=O)NC[C@H](C)c1ccccc1. The molecule has 2 aromatic carbocycles. The van der Waals surface area contributed by atoms with Crippen LogP contribution in [0.15, 0.2) is 53.4 Å². The van der Waals surface area contributed by atoms with Crippen molar-refractivity contribution in [1.82, 2.24) is 9.62 Å². The van der Waals surface area contributed by atoms with Crippen LogP contribution in [0.25, 0.3) is 0 Å². The van der Waals surface area contributed by atoms with Crippen molar-refractivity contribution in [3.8, 4) is 0 Å². The van der Waals surface area contributed by atoms with Crippen molar-refractivity contribution < 1.29 is 13.2 Å². The van der Waals surface area contributed by atoms with Crippen LogP contribution in [0.1, 0.15) is 37.8 Å². The Bertz CT molecular complexity index is 972. The minimum atomic E-state index is -3.47. The number of hydrogen-bond acceptors (Lipinski definition) is 4. The van der Waals surface area contributed by atoms with Crippen LogP contribution in [0.3, 0.4) is 0 Å². The van der Waals surface area contributed by atoms with E-state index in [0.29, 0.717) is 31.1 Å². The number of carbonyl (C=O) groups is 1. The van der Waals surface area contributed by atoms with Crippen LogP contribution in [0.5, 0.6) is 0 Å². The molecule has 0 saturated carbocycles. The molecule has 0 bridgehead atoms. The Balaban J connectivity index is 1.62. The molecule has 1 amide bonds. The van der Waals surface area contributed by atoms with Gasteiger partial charge in [0.2, 0.25) is 15.9 Å². The van der Waals surface area contributed by atoms with E-state index in [1.54, 1.807) is 12.1 Å². The number of fused-ring (bicyclic) bond motifs is 1. The molecule has 162 valence electrons. The summed E-state index contributed by atoms with van der Waals surface area (Å²) < 4.78 is 27.0. The maximum absolute atomic E-state index is 12.8. The zero-order valence-electron chi connectivity index (χ0n) is 18.0. The summed E-state index contributed by atoms with van der Waals surface area (Å²) in [4.78, 5) is 14.8. The van der Waals surface area contributed by atoms with Crippen molar-refractivity contribution in [3.63, 3.8) is 0 Å². The Morgan fingerprint density at radius 3 is 2.50 bits per heavy atom. The average molecular weight is 430 g/mol. The first kappa shape index (κ1) is 22.3. The largest absolute Gasteiger partial charge is 0.362 e. The van der Waals surface area contributed by atoms with E-state index in [1.807, 2.05) is 43.0 Å². The summed E-state index contributed by atoms with van der Waals surface area (Å²) in [5.74, 6) is 0.222. The minimum Gasteiger partial charge on any atom is -0.362 e. The molecule has 6 nitrogen and oxygen atoms in total. The second kappa shape index (κ2) is 9.62. The van der Waals surface area contributed by atoms with E-state index in [-0.39, 0.29) is 18.4 Å². The summed E-state index contributed by atoms with van der Waals surface area (Å²) in [6, 6.07) is 15.4. The van der Waals surface area contributed by atoms with Crippen LogP contribution in [0.2, 0.25) is 0 Å². The van der Waals surface area contributed by atoms with Gasteiger partial charge in [-0.25, -0.2) is 8.42 Å². The molecule has 1 atom stereocenters. The molecule has 0 aliphatic carbocycles. The highest BCUT2D eigenvalue weighted by Crippen LogP contribution is 2.31. The van der Waals surface area contributed by atoms with Crippen LogP contribution >= 0.6 is 0 Å². The molecule has 0 saturated heterocycles. The lowest BCUT2D eigenvalue weighted by atomic mass is 10.0. The predicted octanol–water partition coefficient (Wildman–Crippen LogP) is 3.00. The Hall–Kier alpha value is -2.38. The molecule has 0 radical (unpaired) electrons. The fraction of sp³-hybridized carbons (Fsp3) is 0.435. The molecule has 1 heterocycles. The van der Waals surface area contributed by atoms with Crippen LogP contribution in [-0.2, 0) is 21.2 Å². The standard InChI is InChI=1S/C23H31N3O3S/c1-4-26(5-2)30(28,29)21-11-12-22-20(15-21)13-14-25(22)17-23(27)24-16-18(3)19-9-7-6-8-10-19/h6-12,15,18H,4-5,13-14,16-17H2,1-3H3,(H,24,27)/t18-/m0/s1. The summed E-state index contributed by atoms with van der Waals surface area (Å²) in [5.41, 5.74) is 3.12. The lowest BCUT2D eigenvalue weighted by molar-refractivity contribution is -0.119. The molecular weight excluding hydrogens is 398 g/mol. The van der Waals surface area contributed by atoms with Crippen molar-refractivity contribution in [2.45, 2.75) is 38.0 Å². The topological polar surface area (TPSA) is 69.7 Å². The highest BCUT2D eigenvalue weighted by molar-refractivity contribution is 7.89. The number of hydrogen-bond donors (Lipinski definition) is 1. The van der Waals surface area contributed by atoms with E-state index in [1.165, 1.54) is 9.87 Å². The number of nitrogens with one attached hydrogen (secondary N) is 1. The molecule has 1 N–H and O–H groups in total. The molecule has 0 unspecified atom stereocenters. The van der Waals surface area contributed by atoms with Crippen LogP contribution in [0, 0.1) is 0 Å². The van der Waals surface area contributed by atoms with Gasteiger partial charge in [0.05, 0.1) is 11.4 Å². The van der Waals surface area contributed by atoms with Gasteiger partial charge in [-0.15, -0.1) is 0 Å². The molecule has 30 heavy (non-hydrogen) atoms. The molecular formula is C23H31N3O3S. The zero-order chi connectivity index (χ0) is 21.7. The number of benzene rings is 2. The molecule has 1 aliphatic rings. The van der Waals surface area contributed by atoms with E-state index in [2.05, 4.69) is 24.4 Å². The fourth-order valence-corrected chi connectivity index (χ4v) is 5.39. The smallest absolute Gasteiger partial charge is 0.243 e. The van der Waals surface area contributed by atoms with Gasteiger partial charge >= 0.3 is 0 Å². The zero-order valence-corrected chi connectivity index (χ0v) is 18.8. The van der Waals surface area contributed by atoms with Gasteiger partial charge in [0.1, 0.15) is 0 Å². The van der Waals surface area contributed by atoms with Crippen LogP contribution in [0.4, 0.5) is 5.69 Å². The van der Waals surface area contributed by atoms with Crippen molar-refractivity contribution in [1.29, 1.82) is 0 Å². The fourth-order valence-electron chi connectivity index (χ4n) is 3.88. The van der Waals surface area contributed by atoms with Gasteiger partial charge in [-0.3, -0.25) is 4.79 Å². The Morgan fingerprint density at radius 1 is 1.13 bits per heavy atom. The quantitative estimate of drug-likeness (QED) is 0.665. The van der Waals surface area contributed by atoms with Gasteiger partial charge in [-0.05, 0) is 41.7 Å². The number of rotatable bonds is 9. The molecule has 0 aromatic heterocycles. The van der Waals surface area contributed by atoms with E-state index in [9.17, 15) is 13.2 Å².